The number of hydrogen-bond acceptors (Lipinski definition) is 1. The lowest BCUT2D eigenvalue weighted by molar-refractivity contribution is -0.161. The lowest BCUT2D eigenvalue weighted by Gasteiger charge is -2.26. The zero-order valence-corrected chi connectivity index (χ0v) is 7.43. The molecule has 0 heterocycles. The molecule has 1 saturated carbocycles. The van der Waals surface area contributed by atoms with Gasteiger partial charge in [0, 0.05) is 0 Å². The number of alkyl halides is 2. The summed E-state index contributed by atoms with van der Waals surface area (Å²) in [5.41, 5.74) is -1.75. The van der Waals surface area contributed by atoms with Gasteiger partial charge in [-0.3, -0.25) is 4.79 Å². The van der Waals surface area contributed by atoms with Crippen LogP contribution in [0.2, 0.25) is 0 Å². The van der Waals surface area contributed by atoms with E-state index in [1.807, 2.05) is 0 Å². The number of carboxylic acids is 1. The first-order valence-electron chi connectivity index (χ1n) is 4.61. The second kappa shape index (κ2) is 4.03. The molecule has 1 rings (SSSR count). The number of halogens is 2. The van der Waals surface area contributed by atoms with E-state index in [2.05, 4.69) is 0 Å². The molecule has 4 heteroatoms. The molecule has 0 saturated heterocycles. The fourth-order valence-corrected chi connectivity index (χ4v) is 1.88. The maximum Gasteiger partial charge on any atom is 0.315 e. The first-order chi connectivity index (χ1) is 6.09. The molecule has 13 heavy (non-hydrogen) atoms. The predicted molar refractivity (Wildman–Crippen MR) is 43.8 cm³/mol. The van der Waals surface area contributed by atoms with Gasteiger partial charge in [0.15, 0.2) is 0 Å². The van der Waals surface area contributed by atoms with Crippen LogP contribution in [0.1, 0.15) is 38.5 Å². The summed E-state index contributed by atoms with van der Waals surface area (Å²) in [5.74, 6) is -1.33. The molecule has 1 aliphatic carbocycles. The lowest BCUT2D eigenvalue weighted by Crippen LogP contribution is -2.37. The van der Waals surface area contributed by atoms with Crippen molar-refractivity contribution in [2.45, 2.75) is 45.0 Å². The Morgan fingerprint density at radius 1 is 1.15 bits per heavy atom. The number of rotatable bonds is 2. The Balaban J connectivity index is 2.80. The van der Waals surface area contributed by atoms with Gasteiger partial charge in [-0.25, -0.2) is 8.78 Å². The summed E-state index contributed by atoms with van der Waals surface area (Å²) in [7, 11) is 0. The van der Waals surface area contributed by atoms with E-state index in [1.165, 1.54) is 0 Å². The van der Waals surface area contributed by atoms with Crippen LogP contribution in [0, 0.1) is 5.41 Å². The Kier molecular flexibility index (Phi) is 3.22. The third-order valence-electron chi connectivity index (χ3n) is 2.84. The predicted octanol–water partition coefficient (Wildman–Crippen LogP) is 2.68. The standard InChI is InChI=1S/C9H14F2O2/c10-7(11)9(8(12)13)5-3-1-2-4-6-9/h7H,1-6H2,(H,12,13). The van der Waals surface area contributed by atoms with Gasteiger partial charge >= 0.3 is 5.97 Å². The Hall–Kier alpha value is -0.670. The molecular formula is C9H14F2O2. The molecule has 0 unspecified atom stereocenters. The van der Waals surface area contributed by atoms with Gasteiger partial charge in [-0.15, -0.1) is 0 Å². The number of carbonyl (C=O) groups is 1. The minimum Gasteiger partial charge on any atom is -0.481 e. The minimum absolute atomic E-state index is 0.125. The summed E-state index contributed by atoms with van der Waals surface area (Å²) >= 11 is 0. The highest BCUT2D eigenvalue weighted by atomic mass is 19.3. The van der Waals surface area contributed by atoms with Gasteiger partial charge in [0.2, 0.25) is 0 Å². The molecule has 0 spiro atoms. The monoisotopic (exact) mass is 192 g/mol. The van der Waals surface area contributed by atoms with Gasteiger partial charge in [0.25, 0.3) is 6.43 Å². The highest BCUT2D eigenvalue weighted by Gasteiger charge is 2.46. The van der Waals surface area contributed by atoms with Crippen LogP contribution in [0.4, 0.5) is 8.78 Å². The Bertz CT molecular complexity index is 184. The molecule has 0 aromatic rings. The molecule has 1 N–H and O–H groups in total. The third-order valence-corrected chi connectivity index (χ3v) is 2.84. The van der Waals surface area contributed by atoms with Gasteiger partial charge in [-0.2, -0.15) is 0 Å². The summed E-state index contributed by atoms with van der Waals surface area (Å²) < 4.78 is 25.3. The average Bonchev–Trinajstić information content (AvgIpc) is 2.28. The van der Waals surface area contributed by atoms with E-state index in [0.717, 1.165) is 12.8 Å². The van der Waals surface area contributed by atoms with Crippen molar-refractivity contribution in [1.82, 2.24) is 0 Å². The van der Waals surface area contributed by atoms with Gasteiger partial charge in [0.1, 0.15) is 5.41 Å². The molecule has 0 bridgehead atoms. The van der Waals surface area contributed by atoms with Crippen LogP contribution in [-0.2, 0) is 4.79 Å². The summed E-state index contributed by atoms with van der Waals surface area (Å²) in [5, 5.41) is 8.80. The first kappa shape index (κ1) is 10.4. The largest absolute Gasteiger partial charge is 0.481 e. The van der Waals surface area contributed by atoms with Crippen molar-refractivity contribution in [3.63, 3.8) is 0 Å². The maximum atomic E-state index is 12.6. The van der Waals surface area contributed by atoms with Crippen LogP contribution in [0.15, 0.2) is 0 Å². The van der Waals surface area contributed by atoms with Gasteiger partial charge in [0.05, 0.1) is 0 Å². The molecule has 0 radical (unpaired) electrons. The SMILES string of the molecule is O=C(O)C1(C(F)F)CCCCCC1. The average molecular weight is 192 g/mol. The summed E-state index contributed by atoms with van der Waals surface area (Å²) in [6.45, 7) is 0. The van der Waals surface area contributed by atoms with Crippen molar-refractivity contribution in [3.8, 4) is 0 Å². The second-order valence-electron chi connectivity index (χ2n) is 3.68. The molecule has 0 amide bonds. The van der Waals surface area contributed by atoms with Crippen molar-refractivity contribution in [1.29, 1.82) is 0 Å². The highest BCUT2D eigenvalue weighted by Crippen LogP contribution is 2.40. The molecule has 1 aliphatic rings. The van der Waals surface area contributed by atoms with E-state index in [0.29, 0.717) is 12.8 Å². The van der Waals surface area contributed by atoms with E-state index in [-0.39, 0.29) is 12.8 Å². The van der Waals surface area contributed by atoms with E-state index < -0.39 is 17.8 Å². The Morgan fingerprint density at radius 2 is 1.62 bits per heavy atom. The van der Waals surface area contributed by atoms with E-state index >= 15 is 0 Å². The molecule has 2 nitrogen and oxygen atoms in total. The van der Waals surface area contributed by atoms with Crippen molar-refractivity contribution in [3.05, 3.63) is 0 Å². The number of carboxylic acid groups (broad SMARTS) is 1. The van der Waals surface area contributed by atoms with Crippen LogP contribution < -0.4 is 0 Å². The number of hydrogen-bond donors (Lipinski definition) is 1. The highest BCUT2D eigenvalue weighted by molar-refractivity contribution is 5.75. The lowest BCUT2D eigenvalue weighted by atomic mass is 9.81. The number of aliphatic carboxylic acids is 1. The van der Waals surface area contributed by atoms with Crippen LogP contribution in [0.3, 0.4) is 0 Å². The summed E-state index contributed by atoms with van der Waals surface area (Å²) in [6, 6.07) is 0. The van der Waals surface area contributed by atoms with Crippen LogP contribution in [0.5, 0.6) is 0 Å². The van der Waals surface area contributed by atoms with E-state index in [4.69, 9.17) is 5.11 Å². The zero-order valence-electron chi connectivity index (χ0n) is 7.43. The molecule has 76 valence electrons. The van der Waals surface area contributed by atoms with Gasteiger partial charge in [-0.05, 0) is 12.8 Å². The van der Waals surface area contributed by atoms with Crippen molar-refractivity contribution in [2.75, 3.05) is 0 Å². The molecule has 0 aromatic carbocycles. The zero-order chi connectivity index (χ0) is 9.90. The second-order valence-corrected chi connectivity index (χ2v) is 3.68. The molecule has 0 atom stereocenters. The summed E-state index contributed by atoms with van der Waals surface area (Å²) in [6.07, 6.45) is 0.486. The minimum atomic E-state index is -2.73. The molecule has 0 aromatic heterocycles. The van der Waals surface area contributed by atoms with Crippen molar-refractivity contribution in [2.24, 2.45) is 5.41 Å². The van der Waals surface area contributed by atoms with E-state index in [1.54, 1.807) is 0 Å². The molecule has 0 aliphatic heterocycles. The normalized spacial score (nSPS) is 22.7. The van der Waals surface area contributed by atoms with Gasteiger partial charge < -0.3 is 5.11 Å². The van der Waals surface area contributed by atoms with Gasteiger partial charge in [-0.1, -0.05) is 25.7 Å². The van der Waals surface area contributed by atoms with Crippen molar-refractivity contribution >= 4 is 5.97 Å². The topological polar surface area (TPSA) is 37.3 Å². The molecule has 1 fully saturated rings. The molecular weight excluding hydrogens is 178 g/mol. The third kappa shape index (κ3) is 1.98. The Morgan fingerprint density at radius 3 is 1.92 bits per heavy atom. The first-order valence-corrected chi connectivity index (χ1v) is 4.61. The van der Waals surface area contributed by atoms with Crippen LogP contribution in [0.25, 0.3) is 0 Å². The van der Waals surface area contributed by atoms with Crippen molar-refractivity contribution < 1.29 is 18.7 Å². The van der Waals surface area contributed by atoms with E-state index in [9.17, 15) is 13.6 Å². The summed E-state index contributed by atoms with van der Waals surface area (Å²) in [4.78, 5) is 10.8. The Labute approximate surface area is 75.9 Å². The smallest absolute Gasteiger partial charge is 0.315 e. The fourth-order valence-electron chi connectivity index (χ4n) is 1.88. The van der Waals surface area contributed by atoms with Crippen LogP contribution in [-0.4, -0.2) is 17.5 Å². The quantitative estimate of drug-likeness (QED) is 0.683. The van der Waals surface area contributed by atoms with Crippen LogP contribution >= 0.6 is 0 Å². The fraction of sp³-hybridized carbons (Fsp3) is 0.889. The maximum absolute atomic E-state index is 12.6.